The van der Waals surface area contributed by atoms with E-state index in [4.69, 9.17) is 11.6 Å². The van der Waals surface area contributed by atoms with Crippen LogP contribution in [0, 0.1) is 0 Å². The van der Waals surface area contributed by atoms with Crippen LogP contribution in [0.25, 0.3) is 11.6 Å². The zero-order valence-electron chi connectivity index (χ0n) is 12.0. The maximum atomic E-state index is 6.04. The van der Waals surface area contributed by atoms with E-state index in [1.54, 1.807) is 0 Å². The molecule has 3 aromatic rings. The van der Waals surface area contributed by atoms with Gasteiger partial charge in [0.2, 0.25) is 0 Å². The molecule has 0 fully saturated rings. The first-order valence-electron chi connectivity index (χ1n) is 7.44. The Morgan fingerprint density at radius 2 is 1.36 bits per heavy atom. The highest BCUT2D eigenvalue weighted by Gasteiger charge is 2.27. The van der Waals surface area contributed by atoms with E-state index in [1.807, 2.05) is 12.1 Å². The monoisotopic (exact) mass is 302 g/mol. The second-order valence-electron chi connectivity index (χ2n) is 5.58. The summed E-state index contributed by atoms with van der Waals surface area (Å²) in [5.41, 5.74) is 6.58. The summed E-state index contributed by atoms with van der Waals surface area (Å²) in [5.74, 6) is 0.290. The van der Waals surface area contributed by atoms with Crippen molar-refractivity contribution in [1.29, 1.82) is 0 Å². The highest BCUT2D eigenvalue weighted by atomic mass is 35.5. The Morgan fingerprint density at radius 1 is 0.682 bits per heavy atom. The van der Waals surface area contributed by atoms with Crippen molar-refractivity contribution in [3.05, 3.63) is 106 Å². The summed E-state index contributed by atoms with van der Waals surface area (Å²) in [6.07, 6.45) is 2.30. The molecule has 22 heavy (non-hydrogen) atoms. The third kappa shape index (κ3) is 2.26. The number of rotatable bonds is 2. The average molecular weight is 303 g/mol. The SMILES string of the molecule is Clc1ccc(C2=Cc3ccccc3C2c2ccccc2)cc1. The lowest BCUT2D eigenvalue weighted by Gasteiger charge is -2.18. The minimum atomic E-state index is 0.290. The summed E-state index contributed by atoms with van der Waals surface area (Å²) < 4.78 is 0. The number of benzene rings is 3. The van der Waals surface area contributed by atoms with Crippen LogP contribution in [0.3, 0.4) is 0 Å². The number of hydrogen-bond donors (Lipinski definition) is 0. The maximum absolute atomic E-state index is 6.04. The van der Waals surface area contributed by atoms with E-state index in [0.29, 0.717) is 5.92 Å². The Morgan fingerprint density at radius 3 is 2.14 bits per heavy atom. The second-order valence-corrected chi connectivity index (χ2v) is 6.02. The van der Waals surface area contributed by atoms with Crippen molar-refractivity contribution in [2.45, 2.75) is 5.92 Å². The van der Waals surface area contributed by atoms with Crippen LogP contribution in [0.15, 0.2) is 78.9 Å². The predicted molar refractivity (Wildman–Crippen MR) is 94.1 cm³/mol. The summed E-state index contributed by atoms with van der Waals surface area (Å²) in [7, 11) is 0. The van der Waals surface area contributed by atoms with Crippen LogP contribution in [0.4, 0.5) is 0 Å². The molecule has 0 aromatic heterocycles. The van der Waals surface area contributed by atoms with Gasteiger partial charge in [0.25, 0.3) is 0 Å². The minimum Gasteiger partial charge on any atom is -0.0843 e. The van der Waals surface area contributed by atoms with E-state index < -0.39 is 0 Å². The molecule has 0 heterocycles. The van der Waals surface area contributed by atoms with E-state index in [1.165, 1.54) is 27.8 Å². The van der Waals surface area contributed by atoms with Crippen LogP contribution < -0.4 is 0 Å². The van der Waals surface area contributed by atoms with Gasteiger partial charge >= 0.3 is 0 Å². The first-order chi connectivity index (χ1) is 10.8. The summed E-state index contributed by atoms with van der Waals surface area (Å²) in [4.78, 5) is 0. The molecule has 1 unspecified atom stereocenters. The van der Waals surface area contributed by atoms with Gasteiger partial charge < -0.3 is 0 Å². The van der Waals surface area contributed by atoms with Gasteiger partial charge in [0.1, 0.15) is 0 Å². The zero-order chi connectivity index (χ0) is 14.9. The van der Waals surface area contributed by atoms with Crippen molar-refractivity contribution >= 4 is 23.3 Å². The highest BCUT2D eigenvalue weighted by molar-refractivity contribution is 6.30. The first kappa shape index (κ1) is 13.4. The average Bonchev–Trinajstić information content (AvgIpc) is 2.96. The molecule has 0 radical (unpaired) electrons. The van der Waals surface area contributed by atoms with Crippen LogP contribution in [-0.4, -0.2) is 0 Å². The molecule has 4 rings (SSSR count). The molecule has 1 heteroatoms. The van der Waals surface area contributed by atoms with Crippen molar-refractivity contribution in [2.24, 2.45) is 0 Å². The third-order valence-corrected chi connectivity index (χ3v) is 4.49. The van der Waals surface area contributed by atoms with Crippen molar-refractivity contribution < 1.29 is 0 Å². The fourth-order valence-electron chi connectivity index (χ4n) is 3.22. The van der Waals surface area contributed by atoms with Gasteiger partial charge in [-0.3, -0.25) is 0 Å². The van der Waals surface area contributed by atoms with E-state index in [0.717, 1.165) is 5.02 Å². The Labute approximate surface area is 135 Å². The quantitative estimate of drug-likeness (QED) is 0.542. The van der Waals surface area contributed by atoms with Crippen LogP contribution in [0.2, 0.25) is 5.02 Å². The number of hydrogen-bond acceptors (Lipinski definition) is 0. The molecule has 0 bridgehead atoms. The molecule has 0 aliphatic heterocycles. The summed E-state index contributed by atoms with van der Waals surface area (Å²) in [5, 5.41) is 0.774. The van der Waals surface area contributed by atoms with Crippen LogP contribution in [0.1, 0.15) is 28.2 Å². The molecule has 1 aliphatic rings. The molecule has 0 amide bonds. The Bertz CT molecular complexity index is 829. The Balaban J connectivity index is 1.88. The topological polar surface area (TPSA) is 0 Å². The molecular formula is C21H15Cl. The van der Waals surface area contributed by atoms with Crippen LogP contribution in [0.5, 0.6) is 0 Å². The molecule has 1 atom stereocenters. The van der Waals surface area contributed by atoms with Gasteiger partial charge in [-0.15, -0.1) is 0 Å². The molecule has 3 aromatic carbocycles. The lowest BCUT2D eigenvalue weighted by Crippen LogP contribution is -2.00. The third-order valence-electron chi connectivity index (χ3n) is 4.24. The number of allylic oxidation sites excluding steroid dienone is 1. The molecule has 106 valence electrons. The van der Waals surface area contributed by atoms with Crippen molar-refractivity contribution in [3.63, 3.8) is 0 Å². The predicted octanol–water partition coefficient (Wildman–Crippen LogP) is 6.03. The van der Waals surface area contributed by atoms with Gasteiger partial charge in [-0.05, 0) is 46.0 Å². The van der Waals surface area contributed by atoms with Gasteiger partial charge in [0.05, 0.1) is 0 Å². The van der Waals surface area contributed by atoms with E-state index in [2.05, 4.69) is 72.8 Å². The standard InChI is InChI=1S/C21H15Cl/c22-18-12-10-15(11-13-18)20-14-17-8-4-5-9-19(17)21(20)16-6-2-1-3-7-16/h1-14,21H. The summed E-state index contributed by atoms with van der Waals surface area (Å²) in [6, 6.07) is 27.5. The molecule has 0 N–H and O–H groups in total. The number of halogens is 1. The van der Waals surface area contributed by atoms with Gasteiger partial charge in [0.15, 0.2) is 0 Å². The van der Waals surface area contributed by atoms with Gasteiger partial charge in [-0.25, -0.2) is 0 Å². The van der Waals surface area contributed by atoms with E-state index >= 15 is 0 Å². The lowest BCUT2D eigenvalue weighted by molar-refractivity contribution is 1.07. The smallest absolute Gasteiger partial charge is 0.0406 e. The largest absolute Gasteiger partial charge is 0.0843 e. The molecule has 1 aliphatic carbocycles. The minimum absolute atomic E-state index is 0.290. The summed E-state index contributed by atoms with van der Waals surface area (Å²) >= 11 is 6.04. The van der Waals surface area contributed by atoms with Gasteiger partial charge in [-0.2, -0.15) is 0 Å². The van der Waals surface area contributed by atoms with Gasteiger partial charge in [-0.1, -0.05) is 78.3 Å². The highest BCUT2D eigenvalue weighted by Crippen LogP contribution is 2.45. The Hall–Kier alpha value is -2.31. The normalized spacial score (nSPS) is 16.2. The van der Waals surface area contributed by atoms with Crippen molar-refractivity contribution in [3.8, 4) is 0 Å². The molecule has 0 nitrogen and oxygen atoms in total. The van der Waals surface area contributed by atoms with Crippen LogP contribution in [-0.2, 0) is 0 Å². The maximum Gasteiger partial charge on any atom is 0.0406 e. The first-order valence-corrected chi connectivity index (χ1v) is 7.82. The zero-order valence-corrected chi connectivity index (χ0v) is 12.8. The van der Waals surface area contributed by atoms with Crippen molar-refractivity contribution in [1.82, 2.24) is 0 Å². The van der Waals surface area contributed by atoms with Crippen molar-refractivity contribution in [2.75, 3.05) is 0 Å². The Kier molecular flexibility index (Phi) is 3.32. The number of fused-ring (bicyclic) bond motifs is 1. The fourth-order valence-corrected chi connectivity index (χ4v) is 3.35. The fraction of sp³-hybridized carbons (Fsp3) is 0.0476. The van der Waals surface area contributed by atoms with E-state index in [-0.39, 0.29) is 0 Å². The molecular weight excluding hydrogens is 288 g/mol. The van der Waals surface area contributed by atoms with Gasteiger partial charge in [0, 0.05) is 10.9 Å². The molecule has 0 saturated heterocycles. The lowest BCUT2D eigenvalue weighted by atomic mass is 9.85. The summed E-state index contributed by atoms with van der Waals surface area (Å²) in [6.45, 7) is 0. The second kappa shape index (κ2) is 5.47. The van der Waals surface area contributed by atoms with E-state index in [9.17, 15) is 0 Å². The van der Waals surface area contributed by atoms with Crippen LogP contribution >= 0.6 is 11.6 Å². The molecule has 0 spiro atoms. The molecule has 0 saturated carbocycles.